The van der Waals surface area contributed by atoms with Crippen molar-refractivity contribution in [2.45, 2.75) is 45.0 Å². The second-order valence-corrected chi connectivity index (χ2v) is 5.93. The number of ether oxygens (including phenoxy) is 1. The van der Waals surface area contributed by atoms with Crippen molar-refractivity contribution in [3.05, 3.63) is 34.1 Å². The number of aromatic nitrogens is 1. The van der Waals surface area contributed by atoms with Gasteiger partial charge in [0.25, 0.3) is 5.69 Å². The number of pyridine rings is 1. The summed E-state index contributed by atoms with van der Waals surface area (Å²) in [5.41, 5.74) is -0.715. The summed E-state index contributed by atoms with van der Waals surface area (Å²) in [5.74, 6) is 0. The molecular weight excluding hydrogens is 306 g/mol. The Labute approximate surface area is 133 Å². The number of aliphatic hydroxyl groups is 2. The van der Waals surface area contributed by atoms with E-state index in [1.165, 1.54) is 12.1 Å². The number of nitrogens with zero attached hydrogens (tertiary/aromatic N) is 2. The molecule has 3 N–H and O–H groups in total. The predicted molar refractivity (Wildman–Crippen MR) is 80.7 cm³/mol. The summed E-state index contributed by atoms with van der Waals surface area (Å²) in [6.45, 7) is 5.28. The van der Waals surface area contributed by atoms with E-state index >= 15 is 0 Å². The van der Waals surface area contributed by atoms with Gasteiger partial charge in [-0.2, -0.15) is 0 Å². The van der Waals surface area contributed by atoms with Crippen molar-refractivity contribution in [2.24, 2.45) is 0 Å². The molecule has 23 heavy (non-hydrogen) atoms. The molecule has 0 saturated heterocycles. The maximum absolute atomic E-state index is 11.4. The van der Waals surface area contributed by atoms with E-state index in [1.807, 2.05) is 0 Å². The van der Waals surface area contributed by atoms with Crippen LogP contribution in [0.4, 0.5) is 10.5 Å². The first-order valence-corrected chi connectivity index (χ1v) is 7.03. The number of nitro groups is 1. The van der Waals surface area contributed by atoms with Gasteiger partial charge in [-0.1, -0.05) is 0 Å². The third kappa shape index (κ3) is 6.57. The fraction of sp³-hybridized carbons (Fsp3) is 0.571. The molecule has 9 heteroatoms. The molecule has 0 bridgehead atoms. The SMILES string of the molecule is CC(C)(C)OC(=O)NCCC(O)C(O)c1ccc([N+](=O)[O-])cn1. The lowest BCUT2D eigenvalue weighted by atomic mass is 10.1. The van der Waals surface area contributed by atoms with Crippen LogP contribution in [-0.4, -0.2) is 44.5 Å². The first kappa shape index (κ1) is 18.8. The van der Waals surface area contributed by atoms with Gasteiger partial charge >= 0.3 is 6.09 Å². The van der Waals surface area contributed by atoms with E-state index in [4.69, 9.17) is 4.74 Å². The van der Waals surface area contributed by atoms with Gasteiger partial charge in [-0.15, -0.1) is 0 Å². The summed E-state index contributed by atoms with van der Waals surface area (Å²) < 4.78 is 5.03. The highest BCUT2D eigenvalue weighted by Crippen LogP contribution is 2.19. The number of alkyl carbamates (subject to hydrolysis) is 1. The van der Waals surface area contributed by atoms with Crippen molar-refractivity contribution >= 4 is 11.8 Å². The van der Waals surface area contributed by atoms with Crippen LogP contribution in [0, 0.1) is 10.1 Å². The van der Waals surface area contributed by atoms with Gasteiger partial charge in [0.1, 0.15) is 17.9 Å². The fourth-order valence-corrected chi connectivity index (χ4v) is 1.67. The summed E-state index contributed by atoms with van der Waals surface area (Å²) in [4.78, 5) is 25.1. The molecule has 0 aromatic carbocycles. The number of nitrogens with one attached hydrogen (secondary N) is 1. The highest BCUT2D eigenvalue weighted by atomic mass is 16.6. The summed E-state index contributed by atoms with van der Waals surface area (Å²) in [7, 11) is 0. The van der Waals surface area contributed by atoms with Crippen molar-refractivity contribution in [3.8, 4) is 0 Å². The zero-order chi connectivity index (χ0) is 17.6. The second-order valence-electron chi connectivity index (χ2n) is 5.93. The third-order valence-corrected chi connectivity index (χ3v) is 2.76. The zero-order valence-electron chi connectivity index (χ0n) is 13.2. The van der Waals surface area contributed by atoms with Crippen LogP contribution in [0.1, 0.15) is 39.0 Å². The number of rotatable bonds is 6. The van der Waals surface area contributed by atoms with E-state index < -0.39 is 28.8 Å². The quantitative estimate of drug-likeness (QED) is 0.529. The Bertz CT molecular complexity index is 540. The minimum absolute atomic E-state index is 0.0685. The predicted octanol–water partition coefficient (Wildman–Crippen LogP) is 1.30. The Morgan fingerprint density at radius 3 is 2.57 bits per heavy atom. The molecule has 0 aliphatic rings. The van der Waals surface area contributed by atoms with Gasteiger partial charge in [-0.05, 0) is 33.3 Å². The highest BCUT2D eigenvalue weighted by molar-refractivity contribution is 5.67. The Hall–Kier alpha value is -2.26. The van der Waals surface area contributed by atoms with E-state index in [-0.39, 0.29) is 24.3 Å². The molecule has 1 aromatic rings. The molecule has 1 aromatic heterocycles. The first-order valence-electron chi connectivity index (χ1n) is 7.03. The molecule has 2 atom stereocenters. The summed E-state index contributed by atoms with van der Waals surface area (Å²) in [5, 5.41) is 32.8. The van der Waals surface area contributed by atoms with Crippen LogP contribution in [0.15, 0.2) is 18.3 Å². The average molecular weight is 327 g/mol. The van der Waals surface area contributed by atoms with Crippen LogP contribution < -0.4 is 5.32 Å². The van der Waals surface area contributed by atoms with Gasteiger partial charge in [-0.25, -0.2) is 4.79 Å². The van der Waals surface area contributed by atoms with Crippen molar-refractivity contribution in [1.29, 1.82) is 0 Å². The number of hydrogen-bond donors (Lipinski definition) is 3. The van der Waals surface area contributed by atoms with Crippen LogP contribution in [0.5, 0.6) is 0 Å². The molecule has 0 spiro atoms. The fourth-order valence-electron chi connectivity index (χ4n) is 1.67. The Morgan fingerprint density at radius 1 is 1.43 bits per heavy atom. The summed E-state index contributed by atoms with van der Waals surface area (Å²) in [6, 6.07) is 2.46. The van der Waals surface area contributed by atoms with Crippen LogP contribution >= 0.6 is 0 Å². The molecule has 2 unspecified atom stereocenters. The maximum atomic E-state index is 11.4. The molecule has 1 amide bonds. The van der Waals surface area contributed by atoms with Crippen molar-refractivity contribution in [2.75, 3.05) is 6.54 Å². The Morgan fingerprint density at radius 2 is 2.09 bits per heavy atom. The lowest BCUT2D eigenvalue weighted by Crippen LogP contribution is -2.34. The van der Waals surface area contributed by atoms with Gasteiger partial charge in [0.05, 0.1) is 16.7 Å². The molecular formula is C14H21N3O6. The molecule has 0 saturated carbocycles. The summed E-state index contributed by atoms with van der Waals surface area (Å²) >= 11 is 0. The van der Waals surface area contributed by atoms with Crippen LogP contribution in [0.2, 0.25) is 0 Å². The number of carbonyl (C=O) groups excluding carboxylic acids is 1. The van der Waals surface area contributed by atoms with Gasteiger partial charge in [0, 0.05) is 12.6 Å². The minimum Gasteiger partial charge on any atom is -0.444 e. The van der Waals surface area contributed by atoms with E-state index in [0.717, 1.165) is 6.20 Å². The Kier molecular flexibility index (Phi) is 6.40. The monoisotopic (exact) mass is 327 g/mol. The van der Waals surface area contributed by atoms with Gasteiger partial charge in [0.2, 0.25) is 0 Å². The normalized spacial score (nSPS) is 14.0. The molecule has 9 nitrogen and oxygen atoms in total. The largest absolute Gasteiger partial charge is 0.444 e. The van der Waals surface area contributed by atoms with E-state index in [0.29, 0.717) is 0 Å². The van der Waals surface area contributed by atoms with Gasteiger partial charge in [0.15, 0.2) is 0 Å². The van der Waals surface area contributed by atoms with Gasteiger partial charge < -0.3 is 20.3 Å². The van der Waals surface area contributed by atoms with Crippen LogP contribution in [-0.2, 0) is 4.74 Å². The van der Waals surface area contributed by atoms with Crippen molar-refractivity contribution < 1.29 is 24.7 Å². The molecule has 1 rings (SSSR count). The van der Waals surface area contributed by atoms with E-state index in [9.17, 15) is 25.1 Å². The number of carbonyl (C=O) groups is 1. The molecule has 0 aliphatic carbocycles. The Balaban J connectivity index is 2.46. The molecule has 0 aliphatic heterocycles. The summed E-state index contributed by atoms with van der Waals surface area (Å²) in [6.07, 6.45) is -2.04. The smallest absolute Gasteiger partial charge is 0.407 e. The lowest BCUT2D eigenvalue weighted by molar-refractivity contribution is -0.385. The average Bonchev–Trinajstić information content (AvgIpc) is 2.44. The molecule has 0 fully saturated rings. The van der Waals surface area contributed by atoms with E-state index in [2.05, 4.69) is 10.3 Å². The number of amides is 1. The van der Waals surface area contributed by atoms with Crippen molar-refractivity contribution in [3.63, 3.8) is 0 Å². The number of hydrogen-bond acceptors (Lipinski definition) is 7. The molecule has 128 valence electrons. The highest BCUT2D eigenvalue weighted by Gasteiger charge is 2.21. The first-order chi connectivity index (χ1) is 10.6. The van der Waals surface area contributed by atoms with Crippen molar-refractivity contribution in [1.82, 2.24) is 10.3 Å². The minimum atomic E-state index is -1.31. The molecule has 0 radical (unpaired) electrons. The lowest BCUT2D eigenvalue weighted by Gasteiger charge is -2.21. The third-order valence-electron chi connectivity index (χ3n) is 2.76. The maximum Gasteiger partial charge on any atom is 0.407 e. The molecule has 1 heterocycles. The zero-order valence-corrected chi connectivity index (χ0v) is 13.2. The van der Waals surface area contributed by atoms with E-state index in [1.54, 1.807) is 20.8 Å². The van der Waals surface area contributed by atoms with Gasteiger partial charge in [-0.3, -0.25) is 15.1 Å². The topological polar surface area (TPSA) is 135 Å². The number of aliphatic hydroxyl groups excluding tert-OH is 2. The van der Waals surface area contributed by atoms with Crippen LogP contribution in [0.25, 0.3) is 0 Å². The standard InChI is InChI=1S/C14H21N3O6/c1-14(2,3)23-13(20)15-7-6-11(18)12(19)10-5-4-9(8-16-10)17(21)22/h4-5,8,11-12,18-19H,6-7H2,1-3H3,(H,15,20). The second kappa shape index (κ2) is 7.84. The van der Waals surface area contributed by atoms with Crippen LogP contribution in [0.3, 0.4) is 0 Å².